The van der Waals surface area contributed by atoms with Gasteiger partial charge in [-0.15, -0.1) is 0 Å². The van der Waals surface area contributed by atoms with Crippen LogP contribution in [0.3, 0.4) is 0 Å². The number of carbonyl (C=O) groups is 2. The van der Waals surface area contributed by atoms with E-state index >= 15 is 0 Å². The molecule has 1 aliphatic heterocycles. The van der Waals surface area contributed by atoms with Crippen LogP contribution >= 0.6 is 0 Å². The van der Waals surface area contributed by atoms with Crippen molar-refractivity contribution in [3.8, 4) is 11.3 Å². The van der Waals surface area contributed by atoms with Gasteiger partial charge in [-0.3, -0.25) is 9.59 Å². The second kappa shape index (κ2) is 9.39. The van der Waals surface area contributed by atoms with Crippen LogP contribution in [0.2, 0.25) is 0 Å². The fourth-order valence-electron chi connectivity index (χ4n) is 3.71. The van der Waals surface area contributed by atoms with E-state index in [1.165, 1.54) is 0 Å². The van der Waals surface area contributed by atoms with Gasteiger partial charge >= 0.3 is 0 Å². The Hall–Kier alpha value is -3.41. The highest BCUT2D eigenvalue weighted by Gasteiger charge is 2.26. The summed E-state index contributed by atoms with van der Waals surface area (Å²) in [6.07, 6.45) is 2.70. The minimum absolute atomic E-state index is 0.0626. The Bertz CT molecular complexity index is 977. The monoisotopic (exact) mass is 403 g/mol. The van der Waals surface area contributed by atoms with E-state index in [0.29, 0.717) is 31.0 Å². The summed E-state index contributed by atoms with van der Waals surface area (Å²) in [7, 11) is 0. The summed E-state index contributed by atoms with van der Waals surface area (Å²) in [6, 6.07) is 21.4. The third kappa shape index (κ3) is 4.95. The van der Waals surface area contributed by atoms with Gasteiger partial charge in [0.2, 0.25) is 5.91 Å². The third-order valence-corrected chi connectivity index (χ3v) is 5.42. The van der Waals surface area contributed by atoms with Gasteiger partial charge in [-0.25, -0.2) is 0 Å². The standard InChI is InChI=1S/C24H25N3O3/c28-23(12-11-18-7-3-1-4-8-18)25-20-13-15-27(16-14-20)24(29)21-17-22(30-26-21)19-9-5-2-6-10-19/h1-10,17,20H,11-16H2,(H,25,28). The highest BCUT2D eigenvalue weighted by molar-refractivity contribution is 5.93. The van der Waals surface area contributed by atoms with Crippen molar-refractivity contribution >= 4 is 11.8 Å². The van der Waals surface area contributed by atoms with Crippen LogP contribution in [0.4, 0.5) is 0 Å². The highest BCUT2D eigenvalue weighted by Crippen LogP contribution is 2.21. The first kappa shape index (κ1) is 19.9. The number of hydrogen-bond acceptors (Lipinski definition) is 4. The number of rotatable bonds is 6. The molecule has 0 unspecified atom stereocenters. The molecule has 6 nitrogen and oxygen atoms in total. The number of benzene rings is 2. The maximum atomic E-state index is 12.7. The van der Waals surface area contributed by atoms with Crippen LogP contribution in [0.5, 0.6) is 0 Å². The smallest absolute Gasteiger partial charge is 0.276 e. The fourth-order valence-corrected chi connectivity index (χ4v) is 3.71. The predicted octanol–water partition coefficient (Wildman–Crippen LogP) is 3.70. The van der Waals surface area contributed by atoms with Crippen LogP contribution in [0.25, 0.3) is 11.3 Å². The van der Waals surface area contributed by atoms with Crippen molar-refractivity contribution in [2.75, 3.05) is 13.1 Å². The van der Waals surface area contributed by atoms with Gasteiger partial charge in [-0.05, 0) is 24.8 Å². The molecule has 2 aromatic carbocycles. The Morgan fingerprint density at radius 3 is 2.37 bits per heavy atom. The lowest BCUT2D eigenvalue weighted by Gasteiger charge is -2.31. The molecule has 30 heavy (non-hydrogen) atoms. The molecule has 3 aromatic rings. The molecule has 2 amide bonds. The van der Waals surface area contributed by atoms with E-state index in [1.807, 2.05) is 60.7 Å². The molecule has 0 aliphatic carbocycles. The Morgan fingerprint density at radius 2 is 1.67 bits per heavy atom. The number of hydrogen-bond donors (Lipinski definition) is 1. The van der Waals surface area contributed by atoms with Crippen LogP contribution in [-0.4, -0.2) is 41.0 Å². The summed E-state index contributed by atoms with van der Waals surface area (Å²) in [6.45, 7) is 1.19. The normalized spacial score (nSPS) is 14.5. The second-order valence-corrected chi connectivity index (χ2v) is 7.56. The largest absolute Gasteiger partial charge is 0.355 e. The maximum absolute atomic E-state index is 12.7. The zero-order chi connectivity index (χ0) is 20.8. The van der Waals surface area contributed by atoms with Gasteiger partial charge < -0.3 is 14.7 Å². The van der Waals surface area contributed by atoms with Crippen molar-refractivity contribution in [3.63, 3.8) is 0 Å². The van der Waals surface area contributed by atoms with E-state index < -0.39 is 0 Å². The van der Waals surface area contributed by atoms with Gasteiger partial charge in [0.25, 0.3) is 5.91 Å². The topological polar surface area (TPSA) is 75.4 Å². The SMILES string of the molecule is O=C(CCc1ccccc1)NC1CCN(C(=O)c2cc(-c3ccccc3)on2)CC1. The lowest BCUT2D eigenvalue weighted by atomic mass is 10.0. The van der Waals surface area contributed by atoms with Gasteiger partial charge in [0.15, 0.2) is 11.5 Å². The summed E-state index contributed by atoms with van der Waals surface area (Å²) in [5.74, 6) is 0.516. The van der Waals surface area contributed by atoms with E-state index in [1.54, 1.807) is 11.0 Å². The summed E-state index contributed by atoms with van der Waals surface area (Å²) < 4.78 is 5.35. The lowest BCUT2D eigenvalue weighted by Crippen LogP contribution is -2.46. The van der Waals surface area contributed by atoms with Crippen molar-refractivity contribution in [1.29, 1.82) is 0 Å². The number of amides is 2. The Labute approximate surface area is 175 Å². The molecule has 6 heteroatoms. The summed E-state index contributed by atoms with van der Waals surface area (Å²) in [5.41, 5.74) is 2.37. The van der Waals surface area contributed by atoms with Crippen molar-refractivity contribution in [2.45, 2.75) is 31.7 Å². The molecule has 1 saturated heterocycles. The average molecular weight is 403 g/mol. The van der Waals surface area contributed by atoms with E-state index in [2.05, 4.69) is 10.5 Å². The lowest BCUT2D eigenvalue weighted by molar-refractivity contribution is -0.122. The molecule has 0 bridgehead atoms. The van der Waals surface area contributed by atoms with Crippen molar-refractivity contribution in [3.05, 3.63) is 78.0 Å². The zero-order valence-electron chi connectivity index (χ0n) is 16.8. The summed E-state index contributed by atoms with van der Waals surface area (Å²) in [5, 5.41) is 7.06. The highest BCUT2D eigenvalue weighted by atomic mass is 16.5. The molecule has 1 fully saturated rings. The molecular weight excluding hydrogens is 378 g/mol. The van der Waals surface area contributed by atoms with Gasteiger partial charge in [0, 0.05) is 37.2 Å². The molecule has 154 valence electrons. The molecular formula is C24H25N3O3. The molecule has 4 rings (SSSR count). The van der Waals surface area contributed by atoms with E-state index in [0.717, 1.165) is 30.4 Å². The number of likely N-dealkylation sites (tertiary alicyclic amines) is 1. The maximum Gasteiger partial charge on any atom is 0.276 e. The minimum Gasteiger partial charge on any atom is -0.355 e. The molecule has 1 N–H and O–H groups in total. The van der Waals surface area contributed by atoms with Gasteiger partial charge in [0.05, 0.1) is 0 Å². The van der Waals surface area contributed by atoms with Crippen molar-refractivity contribution in [1.82, 2.24) is 15.4 Å². The van der Waals surface area contributed by atoms with Gasteiger partial charge in [0.1, 0.15) is 0 Å². The van der Waals surface area contributed by atoms with Gasteiger partial charge in [-0.2, -0.15) is 0 Å². The first-order chi connectivity index (χ1) is 14.7. The first-order valence-electron chi connectivity index (χ1n) is 10.3. The molecule has 0 saturated carbocycles. The zero-order valence-corrected chi connectivity index (χ0v) is 16.8. The van der Waals surface area contributed by atoms with Crippen LogP contribution in [-0.2, 0) is 11.2 Å². The minimum atomic E-state index is -0.130. The molecule has 2 heterocycles. The van der Waals surface area contributed by atoms with Crippen LogP contribution in [0.15, 0.2) is 71.3 Å². The third-order valence-electron chi connectivity index (χ3n) is 5.42. The first-order valence-corrected chi connectivity index (χ1v) is 10.3. The number of aromatic nitrogens is 1. The van der Waals surface area contributed by atoms with Crippen LogP contribution in [0, 0.1) is 0 Å². The predicted molar refractivity (Wildman–Crippen MR) is 114 cm³/mol. The van der Waals surface area contributed by atoms with E-state index in [4.69, 9.17) is 4.52 Å². The fraction of sp³-hybridized carbons (Fsp3) is 0.292. The summed E-state index contributed by atoms with van der Waals surface area (Å²) in [4.78, 5) is 26.8. The van der Waals surface area contributed by atoms with E-state index in [-0.39, 0.29) is 17.9 Å². The summed E-state index contributed by atoms with van der Waals surface area (Å²) >= 11 is 0. The number of nitrogens with one attached hydrogen (secondary N) is 1. The Kier molecular flexibility index (Phi) is 6.23. The quantitative estimate of drug-likeness (QED) is 0.681. The molecule has 1 aromatic heterocycles. The van der Waals surface area contributed by atoms with E-state index in [9.17, 15) is 9.59 Å². The molecule has 0 radical (unpaired) electrons. The molecule has 1 aliphatic rings. The molecule has 0 atom stereocenters. The van der Waals surface area contributed by atoms with Gasteiger partial charge in [-0.1, -0.05) is 65.8 Å². The Morgan fingerprint density at radius 1 is 1.00 bits per heavy atom. The number of piperidine rings is 1. The van der Waals surface area contributed by atoms with Crippen LogP contribution < -0.4 is 5.32 Å². The number of nitrogens with zero attached hydrogens (tertiary/aromatic N) is 2. The van der Waals surface area contributed by atoms with Crippen molar-refractivity contribution in [2.24, 2.45) is 0 Å². The van der Waals surface area contributed by atoms with Crippen molar-refractivity contribution < 1.29 is 14.1 Å². The molecule has 0 spiro atoms. The van der Waals surface area contributed by atoms with Crippen LogP contribution in [0.1, 0.15) is 35.3 Å². The average Bonchev–Trinajstić information content (AvgIpc) is 3.29. The number of carbonyl (C=O) groups excluding carboxylic acids is 2. The number of aryl methyl sites for hydroxylation is 1. The second-order valence-electron chi connectivity index (χ2n) is 7.56. The Balaban J connectivity index is 1.25.